The van der Waals surface area contributed by atoms with Gasteiger partial charge < -0.3 is 20.3 Å². The summed E-state index contributed by atoms with van der Waals surface area (Å²) in [5.41, 5.74) is -5.22. The topological polar surface area (TPSA) is 158 Å². The number of benzene rings is 2. The van der Waals surface area contributed by atoms with Gasteiger partial charge in [0.05, 0.1) is 23.5 Å². The van der Waals surface area contributed by atoms with Gasteiger partial charge >= 0.3 is 29.9 Å². The summed E-state index contributed by atoms with van der Waals surface area (Å²) in [4.78, 5) is 48.5. The van der Waals surface area contributed by atoms with Crippen LogP contribution in [0.1, 0.15) is 12.5 Å². The number of anilines is 2. The molecule has 15 heteroatoms. The van der Waals surface area contributed by atoms with Crippen LogP contribution in [-0.2, 0) is 25.3 Å². The van der Waals surface area contributed by atoms with Crippen LogP contribution in [0.15, 0.2) is 58.8 Å². The number of alkyl halides is 4. The Balaban J connectivity index is 2.70. The minimum absolute atomic E-state index is 0.149. The Bertz CT molecular complexity index is 1180. The number of carboxylic acid groups (broad SMARTS) is 2. The number of amides is 2. The summed E-state index contributed by atoms with van der Waals surface area (Å²) in [7, 11) is 0. The highest BCUT2D eigenvalue weighted by Gasteiger charge is 2.49. The van der Waals surface area contributed by atoms with E-state index < -0.39 is 47.2 Å². The van der Waals surface area contributed by atoms with Crippen LogP contribution in [0.4, 0.5) is 35.0 Å². The van der Waals surface area contributed by atoms with E-state index in [1.807, 2.05) is 0 Å². The van der Waals surface area contributed by atoms with E-state index in [9.17, 15) is 42.6 Å². The van der Waals surface area contributed by atoms with E-state index in [2.05, 4.69) is 10.2 Å². The van der Waals surface area contributed by atoms with Crippen molar-refractivity contribution in [3.8, 4) is 0 Å². The summed E-state index contributed by atoms with van der Waals surface area (Å²) in [6.07, 6.45) is -5.85. The normalized spacial score (nSPS) is 11.7. The van der Waals surface area contributed by atoms with Crippen LogP contribution in [0.25, 0.3) is 0 Å². The maximum Gasteiger partial charge on any atom is 0.419 e. The Morgan fingerprint density at radius 2 is 1.69 bits per heavy atom. The summed E-state index contributed by atoms with van der Waals surface area (Å²) in [5.74, 6) is -6.21. The summed E-state index contributed by atoms with van der Waals surface area (Å²) in [6.45, 7) is 1.31. The Labute approximate surface area is 206 Å². The predicted molar refractivity (Wildman–Crippen MR) is 118 cm³/mol. The molecule has 0 heterocycles. The fraction of sp³-hybridized carbons (Fsp3) is 0.238. The van der Waals surface area contributed by atoms with Crippen molar-refractivity contribution in [1.82, 2.24) is 5.32 Å². The molecule has 2 aromatic carbocycles. The van der Waals surface area contributed by atoms with Crippen molar-refractivity contribution < 1.29 is 47.3 Å². The zero-order valence-corrected chi connectivity index (χ0v) is 19.1. The van der Waals surface area contributed by atoms with E-state index in [-0.39, 0.29) is 23.7 Å². The molecule has 0 unspecified atom stereocenters. The van der Waals surface area contributed by atoms with E-state index in [1.165, 1.54) is 37.3 Å². The molecule has 0 fully saturated rings. The van der Waals surface area contributed by atoms with Crippen molar-refractivity contribution >= 4 is 52.6 Å². The lowest BCUT2D eigenvalue weighted by atomic mass is 10.1. The number of rotatable bonds is 9. The van der Waals surface area contributed by atoms with Crippen molar-refractivity contribution in [3.05, 3.63) is 54.1 Å². The summed E-state index contributed by atoms with van der Waals surface area (Å²) < 4.78 is 44.8. The molecule has 0 bridgehead atoms. The third-order valence-corrected chi connectivity index (χ3v) is 4.62. The van der Waals surface area contributed by atoms with E-state index in [0.717, 1.165) is 12.1 Å². The molecule has 2 aromatic rings. The Morgan fingerprint density at radius 3 is 2.25 bits per heavy atom. The maximum atomic E-state index is 13.3. The maximum absolute atomic E-state index is 13.3. The van der Waals surface area contributed by atoms with Crippen molar-refractivity contribution in [1.29, 1.82) is 0 Å². The predicted octanol–water partition coefficient (Wildman–Crippen LogP) is 4.30. The molecule has 36 heavy (non-hydrogen) atoms. The first-order valence-electron chi connectivity index (χ1n) is 9.87. The number of nitrogens with zero attached hydrogens (tertiary/aromatic N) is 3. The van der Waals surface area contributed by atoms with Crippen LogP contribution in [0.3, 0.4) is 0 Å². The highest BCUT2D eigenvalue weighted by atomic mass is 35.5. The van der Waals surface area contributed by atoms with Gasteiger partial charge in [-0.25, -0.2) is 19.3 Å². The van der Waals surface area contributed by atoms with Crippen molar-refractivity contribution in [2.45, 2.75) is 18.8 Å². The zero-order chi connectivity index (χ0) is 27.1. The van der Waals surface area contributed by atoms with Gasteiger partial charge in [0.25, 0.3) is 0 Å². The SMILES string of the molecule is CCOC(=O)N(c1cccc(C(F)(F)F)c1)c1ccccc1N=NC(NC(=O)CCl)(C(=O)O)C(=O)O. The van der Waals surface area contributed by atoms with Crippen LogP contribution >= 0.6 is 11.6 Å². The zero-order valence-electron chi connectivity index (χ0n) is 18.3. The molecule has 0 aliphatic heterocycles. The number of halogens is 4. The summed E-state index contributed by atoms with van der Waals surface area (Å²) in [5, 5.41) is 27.4. The molecular formula is C21H18ClF3N4O7. The van der Waals surface area contributed by atoms with Crippen molar-refractivity contribution in [2.24, 2.45) is 10.2 Å². The number of aliphatic carboxylic acids is 2. The molecule has 0 atom stereocenters. The fourth-order valence-electron chi connectivity index (χ4n) is 2.76. The van der Waals surface area contributed by atoms with Crippen LogP contribution < -0.4 is 10.2 Å². The molecule has 2 rings (SSSR count). The molecule has 0 saturated carbocycles. The number of ether oxygens (including phenoxy) is 1. The second kappa shape index (κ2) is 11.5. The first kappa shape index (κ1) is 28.0. The van der Waals surface area contributed by atoms with E-state index in [1.54, 1.807) is 5.32 Å². The number of hydrogen-bond donors (Lipinski definition) is 3. The molecule has 0 saturated heterocycles. The molecule has 0 radical (unpaired) electrons. The molecule has 11 nitrogen and oxygen atoms in total. The molecule has 192 valence electrons. The van der Waals surface area contributed by atoms with E-state index >= 15 is 0 Å². The van der Waals surface area contributed by atoms with Gasteiger partial charge in [-0.15, -0.1) is 16.7 Å². The first-order valence-corrected chi connectivity index (χ1v) is 10.4. The monoisotopic (exact) mass is 530 g/mol. The van der Waals surface area contributed by atoms with Crippen LogP contribution in [-0.4, -0.2) is 52.3 Å². The highest BCUT2D eigenvalue weighted by molar-refractivity contribution is 6.27. The van der Waals surface area contributed by atoms with Crippen molar-refractivity contribution in [3.63, 3.8) is 0 Å². The second-order valence-corrected chi connectivity index (χ2v) is 7.04. The van der Waals surface area contributed by atoms with Gasteiger partial charge in [0, 0.05) is 0 Å². The highest BCUT2D eigenvalue weighted by Crippen LogP contribution is 2.38. The third kappa shape index (κ3) is 6.27. The fourth-order valence-corrected chi connectivity index (χ4v) is 2.83. The average Bonchev–Trinajstić information content (AvgIpc) is 2.82. The minimum atomic E-state index is -4.74. The minimum Gasteiger partial charge on any atom is -0.478 e. The van der Waals surface area contributed by atoms with Gasteiger partial charge in [0.2, 0.25) is 5.91 Å². The van der Waals surface area contributed by atoms with Crippen LogP contribution in [0, 0.1) is 0 Å². The Kier molecular flexibility index (Phi) is 8.95. The van der Waals surface area contributed by atoms with E-state index in [0.29, 0.717) is 11.0 Å². The van der Waals surface area contributed by atoms with Gasteiger partial charge in [-0.05, 0) is 37.3 Å². The Morgan fingerprint density at radius 1 is 1.06 bits per heavy atom. The number of hydrogen-bond acceptors (Lipinski definition) is 7. The molecule has 0 aliphatic rings. The molecular weight excluding hydrogens is 513 g/mol. The molecule has 3 N–H and O–H groups in total. The average molecular weight is 531 g/mol. The van der Waals surface area contributed by atoms with Gasteiger partial charge in [-0.2, -0.15) is 18.3 Å². The number of nitrogens with one attached hydrogen (secondary N) is 1. The molecule has 2 amide bonds. The smallest absolute Gasteiger partial charge is 0.419 e. The van der Waals surface area contributed by atoms with Gasteiger partial charge in [-0.1, -0.05) is 18.2 Å². The second-order valence-electron chi connectivity index (χ2n) is 6.77. The number of azo groups is 1. The number of carboxylic acids is 2. The third-order valence-electron chi connectivity index (χ3n) is 4.37. The lowest BCUT2D eigenvalue weighted by Gasteiger charge is -2.24. The standard InChI is InChI=1S/C21H18ClF3N4O7/c1-2-36-19(35)29(13-7-5-6-12(10-13)21(23,24)25)15-9-4-3-8-14(15)27-28-20(17(31)32,18(33)34)26-16(30)11-22/h3-10H,2,11H2,1H3,(H,26,30)(H,31,32)(H,33,34). The number of carbonyl (C=O) groups excluding carboxylic acids is 2. The molecule has 0 spiro atoms. The first-order chi connectivity index (χ1) is 16.9. The van der Waals surface area contributed by atoms with Gasteiger partial charge in [0.1, 0.15) is 11.6 Å². The largest absolute Gasteiger partial charge is 0.478 e. The van der Waals surface area contributed by atoms with Crippen molar-refractivity contribution in [2.75, 3.05) is 17.4 Å². The molecule has 0 aliphatic carbocycles. The molecule has 0 aromatic heterocycles. The number of carbonyl (C=O) groups is 4. The van der Waals surface area contributed by atoms with Gasteiger partial charge in [-0.3, -0.25) is 4.79 Å². The summed E-state index contributed by atoms with van der Waals surface area (Å²) >= 11 is 5.32. The van der Waals surface area contributed by atoms with Gasteiger partial charge in [0.15, 0.2) is 0 Å². The van der Waals surface area contributed by atoms with Crippen LogP contribution in [0.5, 0.6) is 0 Å². The van der Waals surface area contributed by atoms with Crippen LogP contribution in [0.2, 0.25) is 0 Å². The lowest BCUT2D eigenvalue weighted by Crippen LogP contribution is -2.59. The summed E-state index contributed by atoms with van der Waals surface area (Å²) in [6, 6.07) is 8.83. The quantitative estimate of drug-likeness (QED) is 0.247. The van der Waals surface area contributed by atoms with E-state index in [4.69, 9.17) is 16.3 Å². The Hall–Kier alpha value is -4.20. The number of para-hydroxylation sites is 1. The lowest BCUT2D eigenvalue weighted by molar-refractivity contribution is -0.161.